The summed E-state index contributed by atoms with van der Waals surface area (Å²) in [7, 11) is 0. The van der Waals surface area contributed by atoms with Gasteiger partial charge in [-0.05, 0) is 61.2 Å². The molecule has 0 N–H and O–H groups in total. The zero-order valence-corrected chi connectivity index (χ0v) is 30.7. The van der Waals surface area contributed by atoms with Gasteiger partial charge in [0.05, 0.1) is 16.8 Å². The van der Waals surface area contributed by atoms with Crippen LogP contribution in [0.5, 0.6) is 0 Å². The Morgan fingerprint density at radius 1 is 0.321 bits per heavy atom. The molecule has 11 rings (SSSR count). The SMILES string of the molecule is c1ccc(-c2nc(-c3ccc(-c4ccc(C(c5ccccc5)c5ccccc5)cc4)cc3)nc3c2-c2ccccc2C32c3ccccc3-c3ccccc32)cc1. The summed E-state index contributed by atoms with van der Waals surface area (Å²) in [6.45, 7) is 0. The summed E-state index contributed by atoms with van der Waals surface area (Å²) in [5.74, 6) is 0.893. The van der Waals surface area contributed by atoms with Crippen LogP contribution in [0.2, 0.25) is 0 Å². The maximum Gasteiger partial charge on any atom is 0.160 e. The minimum atomic E-state index is -0.556. The van der Waals surface area contributed by atoms with E-state index in [0.717, 1.165) is 39.5 Å². The molecule has 8 aromatic carbocycles. The third-order valence-electron chi connectivity index (χ3n) is 11.9. The van der Waals surface area contributed by atoms with Crippen molar-refractivity contribution in [2.24, 2.45) is 0 Å². The van der Waals surface area contributed by atoms with E-state index in [1.807, 2.05) is 0 Å². The van der Waals surface area contributed by atoms with Crippen LogP contribution in [0.4, 0.5) is 0 Å². The fraction of sp³-hybridized carbons (Fsp3) is 0.0370. The molecular weight excluding hydrogens is 677 g/mol. The molecule has 1 spiro atoms. The summed E-state index contributed by atoms with van der Waals surface area (Å²) in [5.41, 5.74) is 18.3. The lowest BCUT2D eigenvalue weighted by atomic mass is 9.72. The summed E-state index contributed by atoms with van der Waals surface area (Å²) in [6, 6.07) is 76.6. The Kier molecular flexibility index (Phi) is 7.50. The highest BCUT2D eigenvalue weighted by atomic mass is 14.9. The van der Waals surface area contributed by atoms with Gasteiger partial charge in [0.2, 0.25) is 0 Å². The zero-order valence-electron chi connectivity index (χ0n) is 30.7. The van der Waals surface area contributed by atoms with Gasteiger partial charge in [0.15, 0.2) is 5.82 Å². The first-order chi connectivity index (χ1) is 27.8. The topological polar surface area (TPSA) is 25.8 Å². The zero-order chi connectivity index (χ0) is 37.1. The molecule has 2 nitrogen and oxygen atoms in total. The van der Waals surface area contributed by atoms with Gasteiger partial charge in [-0.3, -0.25) is 0 Å². The molecule has 56 heavy (non-hydrogen) atoms. The van der Waals surface area contributed by atoms with Crippen molar-refractivity contribution in [3.63, 3.8) is 0 Å². The average molecular weight is 713 g/mol. The molecule has 0 aliphatic heterocycles. The minimum absolute atomic E-state index is 0.165. The predicted molar refractivity (Wildman–Crippen MR) is 228 cm³/mol. The van der Waals surface area contributed by atoms with Gasteiger partial charge in [0.25, 0.3) is 0 Å². The minimum Gasteiger partial charge on any atom is -0.231 e. The van der Waals surface area contributed by atoms with Crippen LogP contribution in [-0.4, -0.2) is 9.97 Å². The Morgan fingerprint density at radius 3 is 1.29 bits per heavy atom. The predicted octanol–water partition coefficient (Wildman–Crippen LogP) is 13.0. The van der Waals surface area contributed by atoms with Crippen molar-refractivity contribution in [3.05, 3.63) is 251 Å². The van der Waals surface area contributed by atoms with Crippen molar-refractivity contribution in [2.45, 2.75) is 11.3 Å². The van der Waals surface area contributed by atoms with Gasteiger partial charge in [-0.2, -0.15) is 0 Å². The van der Waals surface area contributed by atoms with Crippen LogP contribution in [0, 0.1) is 0 Å². The molecule has 0 bridgehead atoms. The van der Waals surface area contributed by atoms with Crippen LogP contribution in [0.3, 0.4) is 0 Å². The second-order valence-electron chi connectivity index (χ2n) is 14.8. The van der Waals surface area contributed by atoms with E-state index in [9.17, 15) is 0 Å². The number of nitrogens with zero attached hydrogens (tertiary/aromatic N) is 2. The first kappa shape index (κ1) is 32.3. The van der Waals surface area contributed by atoms with E-state index in [1.54, 1.807) is 0 Å². The Balaban J connectivity index is 1.04. The standard InChI is InChI=1S/C54H36N2/c1-4-16-38(17-5-1)49(39-18-6-2-7-19-39)40-32-28-36(29-33-40)37-30-34-42(35-31-37)53-55-51(41-20-8-3-9-21-41)50-45-24-12-15-27-48(45)54(52(50)56-53)46-25-13-10-22-43(46)44-23-11-14-26-47(44)54/h1-35,49H. The van der Waals surface area contributed by atoms with E-state index in [4.69, 9.17) is 9.97 Å². The summed E-state index contributed by atoms with van der Waals surface area (Å²) in [6.07, 6.45) is 0. The average Bonchev–Trinajstić information content (AvgIpc) is 3.75. The van der Waals surface area contributed by atoms with Crippen LogP contribution in [0.1, 0.15) is 45.0 Å². The molecule has 0 atom stereocenters. The first-order valence-corrected chi connectivity index (χ1v) is 19.4. The van der Waals surface area contributed by atoms with Crippen molar-refractivity contribution >= 4 is 0 Å². The van der Waals surface area contributed by atoms with Gasteiger partial charge in [0.1, 0.15) is 0 Å². The summed E-state index contributed by atoms with van der Waals surface area (Å²) >= 11 is 0. The van der Waals surface area contributed by atoms with Crippen molar-refractivity contribution < 1.29 is 0 Å². The van der Waals surface area contributed by atoms with Crippen LogP contribution < -0.4 is 0 Å². The second-order valence-corrected chi connectivity index (χ2v) is 14.8. The lowest BCUT2D eigenvalue weighted by Crippen LogP contribution is -2.27. The molecule has 2 heteroatoms. The van der Waals surface area contributed by atoms with Gasteiger partial charge in [-0.15, -0.1) is 0 Å². The lowest BCUT2D eigenvalue weighted by molar-refractivity contribution is 0.758. The molecule has 0 saturated carbocycles. The highest BCUT2D eigenvalue weighted by Crippen LogP contribution is 2.63. The fourth-order valence-corrected chi connectivity index (χ4v) is 9.41. The van der Waals surface area contributed by atoms with Crippen LogP contribution in [-0.2, 0) is 5.41 Å². The van der Waals surface area contributed by atoms with E-state index < -0.39 is 5.41 Å². The molecule has 0 fully saturated rings. The molecule has 1 aromatic heterocycles. The summed E-state index contributed by atoms with van der Waals surface area (Å²) < 4.78 is 0. The number of fused-ring (bicyclic) bond motifs is 10. The van der Waals surface area contributed by atoms with Gasteiger partial charge in [-0.1, -0.05) is 212 Å². The largest absolute Gasteiger partial charge is 0.231 e. The van der Waals surface area contributed by atoms with E-state index >= 15 is 0 Å². The fourth-order valence-electron chi connectivity index (χ4n) is 9.41. The quantitative estimate of drug-likeness (QED) is 0.160. The van der Waals surface area contributed by atoms with Crippen LogP contribution >= 0.6 is 0 Å². The summed E-state index contributed by atoms with van der Waals surface area (Å²) in [5, 5.41) is 0. The van der Waals surface area contributed by atoms with E-state index in [-0.39, 0.29) is 5.92 Å². The number of rotatable bonds is 6. The maximum atomic E-state index is 5.64. The van der Waals surface area contributed by atoms with Crippen molar-refractivity contribution in [3.8, 4) is 56.0 Å². The van der Waals surface area contributed by atoms with E-state index in [2.05, 4.69) is 212 Å². The third kappa shape index (κ3) is 4.89. The highest BCUT2D eigenvalue weighted by molar-refractivity contribution is 5.98. The number of hydrogen-bond acceptors (Lipinski definition) is 2. The Hall–Kier alpha value is -7.16. The van der Waals surface area contributed by atoms with Crippen LogP contribution in [0.15, 0.2) is 212 Å². The molecule has 1 heterocycles. The van der Waals surface area contributed by atoms with Crippen molar-refractivity contribution in [1.29, 1.82) is 0 Å². The monoisotopic (exact) mass is 712 g/mol. The Bertz CT molecular complexity index is 2790. The maximum absolute atomic E-state index is 5.64. The van der Waals surface area contributed by atoms with Crippen molar-refractivity contribution in [1.82, 2.24) is 9.97 Å². The molecule has 262 valence electrons. The molecule has 0 unspecified atom stereocenters. The van der Waals surface area contributed by atoms with Gasteiger partial charge >= 0.3 is 0 Å². The van der Waals surface area contributed by atoms with Gasteiger partial charge in [-0.25, -0.2) is 9.97 Å². The smallest absolute Gasteiger partial charge is 0.160 e. The van der Waals surface area contributed by atoms with Gasteiger partial charge < -0.3 is 0 Å². The molecule has 2 aliphatic rings. The van der Waals surface area contributed by atoms with Gasteiger partial charge in [0, 0.05) is 22.6 Å². The molecular formula is C54H36N2. The van der Waals surface area contributed by atoms with E-state index in [1.165, 1.54) is 55.6 Å². The highest BCUT2D eigenvalue weighted by Gasteiger charge is 2.53. The Labute approximate surface area is 327 Å². The molecule has 0 amide bonds. The number of benzene rings is 8. The van der Waals surface area contributed by atoms with E-state index in [0.29, 0.717) is 0 Å². The van der Waals surface area contributed by atoms with Crippen molar-refractivity contribution in [2.75, 3.05) is 0 Å². The third-order valence-corrected chi connectivity index (χ3v) is 11.9. The summed E-state index contributed by atoms with van der Waals surface area (Å²) in [4.78, 5) is 11.1. The number of aromatic nitrogens is 2. The molecule has 0 radical (unpaired) electrons. The lowest BCUT2D eigenvalue weighted by Gasteiger charge is -2.29. The Morgan fingerprint density at radius 2 is 0.732 bits per heavy atom. The molecule has 9 aromatic rings. The van der Waals surface area contributed by atoms with Crippen LogP contribution in [0.25, 0.3) is 56.0 Å². The first-order valence-electron chi connectivity index (χ1n) is 19.4. The normalized spacial score (nSPS) is 12.9. The second kappa shape index (κ2) is 13.0. The number of hydrogen-bond donors (Lipinski definition) is 0. The molecule has 0 saturated heterocycles. The molecule has 2 aliphatic carbocycles.